The first-order valence-corrected chi connectivity index (χ1v) is 6.41. The van der Waals surface area contributed by atoms with E-state index in [1.807, 2.05) is 20.8 Å². The molecule has 0 amide bonds. The van der Waals surface area contributed by atoms with Gasteiger partial charge in [0.1, 0.15) is 5.69 Å². The van der Waals surface area contributed by atoms with Crippen LogP contribution in [-0.2, 0) is 0 Å². The number of hydrogen-bond acceptors (Lipinski definition) is 4. The Bertz CT molecular complexity index is 445. The average molecular weight is 251 g/mol. The van der Waals surface area contributed by atoms with E-state index in [2.05, 4.69) is 10.4 Å². The number of Topliss-reactive ketones (excluding diaryl/α,β-unsaturated/α-hetero) is 1. The molecule has 0 aliphatic carbocycles. The molecule has 2 rings (SSSR count). The highest BCUT2D eigenvalue weighted by atomic mass is 16.5. The fourth-order valence-electron chi connectivity index (χ4n) is 2.45. The number of ether oxygens (including phenoxy) is 1. The van der Waals surface area contributed by atoms with E-state index in [0.717, 1.165) is 19.4 Å². The lowest BCUT2D eigenvalue weighted by Gasteiger charge is -2.24. The second-order valence-corrected chi connectivity index (χ2v) is 5.29. The Morgan fingerprint density at radius 1 is 1.61 bits per heavy atom. The normalized spacial score (nSPS) is 23.6. The quantitative estimate of drug-likeness (QED) is 0.829. The molecule has 0 bridgehead atoms. The third-order valence-electron chi connectivity index (χ3n) is 3.56. The molecule has 0 aromatic carbocycles. The minimum absolute atomic E-state index is 0.0723. The van der Waals surface area contributed by atoms with Crippen LogP contribution in [0.3, 0.4) is 0 Å². The lowest BCUT2D eigenvalue weighted by Crippen LogP contribution is -2.45. The van der Waals surface area contributed by atoms with Crippen molar-refractivity contribution in [2.75, 3.05) is 13.7 Å². The van der Waals surface area contributed by atoms with Crippen LogP contribution in [-0.4, -0.2) is 34.8 Å². The molecule has 1 aromatic heterocycles. The van der Waals surface area contributed by atoms with Crippen molar-refractivity contribution in [3.63, 3.8) is 0 Å². The van der Waals surface area contributed by atoms with Crippen molar-refractivity contribution in [1.29, 1.82) is 0 Å². The number of hydrogen-bond donors (Lipinski definition) is 1. The number of nitrogens with one attached hydrogen (secondary N) is 1. The molecule has 0 radical (unpaired) electrons. The molecule has 1 N–H and O–H groups in total. The Kier molecular flexibility index (Phi) is 3.43. The second kappa shape index (κ2) is 4.72. The monoisotopic (exact) mass is 251 g/mol. The molecule has 1 aromatic rings. The van der Waals surface area contributed by atoms with E-state index in [1.54, 1.807) is 18.0 Å². The molecule has 2 heterocycles. The van der Waals surface area contributed by atoms with E-state index in [0.29, 0.717) is 11.4 Å². The summed E-state index contributed by atoms with van der Waals surface area (Å²) in [6.45, 7) is 6.86. The standard InChI is InChI=1S/C13H21N3O2/c1-9(2)16-11(10(18-4)8-15-16)12(17)13(3)6-5-7-14-13/h8-9,14H,5-7H2,1-4H3. The first kappa shape index (κ1) is 13.1. The summed E-state index contributed by atoms with van der Waals surface area (Å²) in [5, 5.41) is 7.55. The van der Waals surface area contributed by atoms with Gasteiger partial charge in [0.05, 0.1) is 18.8 Å². The number of aromatic nitrogens is 2. The van der Waals surface area contributed by atoms with Gasteiger partial charge in [-0.3, -0.25) is 9.48 Å². The second-order valence-electron chi connectivity index (χ2n) is 5.29. The number of nitrogens with zero attached hydrogens (tertiary/aromatic N) is 2. The zero-order chi connectivity index (χ0) is 13.3. The predicted molar refractivity (Wildman–Crippen MR) is 69.1 cm³/mol. The molecule has 1 unspecified atom stereocenters. The van der Waals surface area contributed by atoms with Crippen LogP contribution < -0.4 is 10.1 Å². The molecule has 5 nitrogen and oxygen atoms in total. The number of carbonyl (C=O) groups excluding carboxylic acids is 1. The molecule has 18 heavy (non-hydrogen) atoms. The Morgan fingerprint density at radius 2 is 2.33 bits per heavy atom. The number of methoxy groups -OCH3 is 1. The molecular weight excluding hydrogens is 230 g/mol. The van der Waals surface area contributed by atoms with Gasteiger partial charge >= 0.3 is 0 Å². The van der Waals surface area contributed by atoms with Crippen molar-refractivity contribution in [1.82, 2.24) is 15.1 Å². The summed E-state index contributed by atoms with van der Waals surface area (Å²) in [5.41, 5.74) is 0.0874. The lowest BCUT2D eigenvalue weighted by molar-refractivity contribution is 0.0867. The maximum atomic E-state index is 12.7. The predicted octanol–water partition coefficient (Wildman–Crippen LogP) is 1.80. The Morgan fingerprint density at radius 3 is 2.83 bits per heavy atom. The minimum atomic E-state index is -0.486. The largest absolute Gasteiger partial charge is 0.493 e. The SMILES string of the molecule is COc1cnn(C(C)C)c1C(=O)C1(C)CCCN1. The van der Waals surface area contributed by atoms with Crippen LogP contribution in [0.15, 0.2) is 6.20 Å². The van der Waals surface area contributed by atoms with Gasteiger partial charge in [-0.2, -0.15) is 5.10 Å². The molecule has 1 saturated heterocycles. The molecule has 1 fully saturated rings. The lowest BCUT2D eigenvalue weighted by atomic mass is 9.92. The van der Waals surface area contributed by atoms with Gasteiger partial charge in [-0.25, -0.2) is 0 Å². The Balaban J connectivity index is 2.42. The van der Waals surface area contributed by atoms with Crippen LogP contribution in [0.2, 0.25) is 0 Å². The molecule has 0 saturated carbocycles. The molecule has 1 aliphatic rings. The molecule has 100 valence electrons. The first-order chi connectivity index (χ1) is 8.49. The third kappa shape index (κ3) is 2.03. The van der Waals surface area contributed by atoms with E-state index < -0.39 is 5.54 Å². The van der Waals surface area contributed by atoms with Gasteiger partial charge in [0, 0.05) is 6.04 Å². The van der Waals surface area contributed by atoms with Gasteiger partial charge in [0.25, 0.3) is 0 Å². The van der Waals surface area contributed by atoms with Crippen LogP contribution in [0.4, 0.5) is 0 Å². The van der Waals surface area contributed by atoms with Crippen LogP contribution in [0.5, 0.6) is 5.75 Å². The van der Waals surface area contributed by atoms with E-state index in [4.69, 9.17) is 4.74 Å². The smallest absolute Gasteiger partial charge is 0.204 e. The van der Waals surface area contributed by atoms with E-state index in [9.17, 15) is 4.79 Å². The van der Waals surface area contributed by atoms with Crippen molar-refractivity contribution in [2.24, 2.45) is 0 Å². The summed E-state index contributed by atoms with van der Waals surface area (Å²) in [6.07, 6.45) is 3.50. The molecule has 1 atom stereocenters. The summed E-state index contributed by atoms with van der Waals surface area (Å²) in [5.74, 6) is 0.631. The number of ketones is 1. The van der Waals surface area contributed by atoms with E-state index in [1.165, 1.54) is 0 Å². The maximum absolute atomic E-state index is 12.7. The first-order valence-electron chi connectivity index (χ1n) is 6.41. The highest BCUT2D eigenvalue weighted by molar-refractivity contribution is 6.04. The van der Waals surface area contributed by atoms with Crippen molar-refractivity contribution in [3.05, 3.63) is 11.9 Å². The Labute approximate surface area is 108 Å². The summed E-state index contributed by atoms with van der Waals surface area (Å²) in [7, 11) is 1.57. The van der Waals surface area contributed by atoms with Crippen LogP contribution in [0.25, 0.3) is 0 Å². The van der Waals surface area contributed by atoms with Crippen LogP contribution in [0, 0.1) is 0 Å². The Hall–Kier alpha value is -1.36. The van der Waals surface area contributed by atoms with E-state index in [-0.39, 0.29) is 11.8 Å². The summed E-state index contributed by atoms with van der Waals surface area (Å²) in [4.78, 5) is 12.7. The summed E-state index contributed by atoms with van der Waals surface area (Å²) >= 11 is 0. The summed E-state index contributed by atoms with van der Waals surface area (Å²) < 4.78 is 7.01. The van der Waals surface area contributed by atoms with Gasteiger partial charge in [-0.05, 0) is 40.2 Å². The number of rotatable bonds is 4. The van der Waals surface area contributed by atoms with Crippen molar-refractivity contribution in [2.45, 2.75) is 45.2 Å². The minimum Gasteiger partial charge on any atom is -0.493 e. The molecule has 5 heteroatoms. The third-order valence-corrected chi connectivity index (χ3v) is 3.56. The number of carbonyl (C=O) groups is 1. The summed E-state index contributed by atoms with van der Waals surface area (Å²) in [6, 6.07) is 0.137. The van der Waals surface area contributed by atoms with Crippen molar-refractivity contribution >= 4 is 5.78 Å². The van der Waals surface area contributed by atoms with Gasteiger partial charge in [-0.1, -0.05) is 0 Å². The zero-order valence-electron chi connectivity index (χ0n) is 11.5. The van der Waals surface area contributed by atoms with Crippen molar-refractivity contribution < 1.29 is 9.53 Å². The highest BCUT2D eigenvalue weighted by Crippen LogP contribution is 2.29. The van der Waals surface area contributed by atoms with Crippen LogP contribution in [0.1, 0.15) is 50.1 Å². The molecular formula is C13H21N3O2. The topological polar surface area (TPSA) is 56.2 Å². The fraction of sp³-hybridized carbons (Fsp3) is 0.692. The van der Waals surface area contributed by atoms with Crippen molar-refractivity contribution in [3.8, 4) is 5.75 Å². The van der Waals surface area contributed by atoms with Gasteiger partial charge < -0.3 is 10.1 Å². The van der Waals surface area contributed by atoms with Gasteiger partial charge in [-0.15, -0.1) is 0 Å². The molecule has 1 aliphatic heterocycles. The molecule has 0 spiro atoms. The van der Waals surface area contributed by atoms with E-state index >= 15 is 0 Å². The fourth-order valence-corrected chi connectivity index (χ4v) is 2.45. The zero-order valence-corrected chi connectivity index (χ0v) is 11.5. The van der Waals surface area contributed by atoms with Crippen LogP contribution >= 0.6 is 0 Å². The van der Waals surface area contributed by atoms with Gasteiger partial charge in [0.15, 0.2) is 5.75 Å². The highest BCUT2D eigenvalue weighted by Gasteiger charge is 2.40. The van der Waals surface area contributed by atoms with Gasteiger partial charge in [0.2, 0.25) is 5.78 Å². The maximum Gasteiger partial charge on any atom is 0.204 e. The average Bonchev–Trinajstić information content (AvgIpc) is 2.94.